The van der Waals surface area contributed by atoms with Crippen molar-refractivity contribution in [2.45, 2.75) is 52.6 Å². The van der Waals surface area contributed by atoms with Gasteiger partial charge >= 0.3 is 0 Å². The molecule has 0 spiro atoms. The van der Waals surface area contributed by atoms with Gasteiger partial charge in [-0.3, -0.25) is 0 Å². The maximum atomic E-state index is 4.52. The first-order valence-corrected chi connectivity index (χ1v) is 7.99. The molecule has 1 saturated carbocycles. The maximum Gasteiger partial charge on any atom is 0.185 e. The van der Waals surface area contributed by atoms with Crippen molar-refractivity contribution in [3.63, 3.8) is 0 Å². The molecular formula is C14H25N3S. The zero-order valence-corrected chi connectivity index (χ0v) is 12.6. The molecule has 0 bridgehead atoms. The largest absolute Gasteiger partial charge is 0.349 e. The van der Waals surface area contributed by atoms with E-state index in [9.17, 15) is 0 Å². The van der Waals surface area contributed by atoms with Crippen LogP contribution in [-0.2, 0) is 6.54 Å². The van der Waals surface area contributed by atoms with Crippen molar-refractivity contribution >= 4 is 16.5 Å². The smallest absolute Gasteiger partial charge is 0.185 e. The molecule has 1 aliphatic carbocycles. The van der Waals surface area contributed by atoms with Crippen LogP contribution in [0.5, 0.6) is 0 Å². The third-order valence-corrected chi connectivity index (χ3v) is 5.09. The topological polar surface area (TPSA) is 28.2 Å². The number of hydrogen-bond donors (Lipinski definition) is 1. The van der Waals surface area contributed by atoms with Crippen LogP contribution in [-0.4, -0.2) is 24.1 Å². The van der Waals surface area contributed by atoms with Crippen LogP contribution in [0.3, 0.4) is 0 Å². The van der Waals surface area contributed by atoms with Gasteiger partial charge in [-0.15, -0.1) is 11.3 Å². The summed E-state index contributed by atoms with van der Waals surface area (Å²) in [4.78, 5) is 8.18. The molecule has 1 heterocycles. The van der Waals surface area contributed by atoms with Crippen molar-refractivity contribution in [2.75, 3.05) is 18.0 Å². The molecule has 1 unspecified atom stereocenters. The Labute approximate surface area is 115 Å². The molecule has 102 valence electrons. The Morgan fingerprint density at radius 2 is 2.17 bits per heavy atom. The lowest BCUT2D eigenvalue weighted by Gasteiger charge is -2.31. The molecule has 3 nitrogen and oxygen atoms in total. The van der Waals surface area contributed by atoms with Gasteiger partial charge in [-0.05, 0) is 39.5 Å². The first-order valence-electron chi connectivity index (χ1n) is 7.17. The lowest BCUT2D eigenvalue weighted by Crippen LogP contribution is -2.36. The van der Waals surface area contributed by atoms with Crippen LogP contribution >= 0.6 is 11.3 Å². The molecule has 0 aliphatic heterocycles. The predicted molar refractivity (Wildman–Crippen MR) is 79.3 cm³/mol. The lowest BCUT2D eigenvalue weighted by molar-refractivity contribution is 0.240. The summed E-state index contributed by atoms with van der Waals surface area (Å²) in [5.74, 6) is 0.903. The Hall–Kier alpha value is -0.610. The number of rotatable bonds is 7. The highest BCUT2D eigenvalue weighted by molar-refractivity contribution is 7.15. The second kappa shape index (κ2) is 6.53. The fraction of sp³-hybridized carbons (Fsp3) is 0.786. The van der Waals surface area contributed by atoms with Crippen molar-refractivity contribution in [2.24, 2.45) is 5.92 Å². The highest BCUT2D eigenvalue weighted by atomic mass is 32.1. The van der Waals surface area contributed by atoms with E-state index in [1.807, 2.05) is 17.5 Å². The van der Waals surface area contributed by atoms with Crippen molar-refractivity contribution in [3.8, 4) is 0 Å². The molecule has 1 aromatic heterocycles. The van der Waals surface area contributed by atoms with E-state index in [4.69, 9.17) is 0 Å². The van der Waals surface area contributed by atoms with Crippen LogP contribution in [0.25, 0.3) is 0 Å². The third kappa shape index (κ3) is 3.23. The maximum absolute atomic E-state index is 4.52. The second-order valence-corrected chi connectivity index (χ2v) is 6.24. The van der Waals surface area contributed by atoms with Gasteiger partial charge in [-0.25, -0.2) is 4.98 Å². The number of anilines is 1. The van der Waals surface area contributed by atoms with Gasteiger partial charge in [-0.1, -0.05) is 6.42 Å². The van der Waals surface area contributed by atoms with Crippen LogP contribution in [0, 0.1) is 5.92 Å². The van der Waals surface area contributed by atoms with Crippen LogP contribution in [0.4, 0.5) is 5.13 Å². The first kappa shape index (κ1) is 13.8. The number of hydrogen-bond acceptors (Lipinski definition) is 4. The molecule has 18 heavy (non-hydrogen) atoms. The number of aromatic nitrogens is 1. The number of nitrogens with zero attached hydrogens (tertiary/aromatic N) is 2. The van der Waals surface area contributed by atoms with Crippen LogP contribution in [0.15, 0.2) is 6.20 Å². The molecule has 1 fully saturated rings. The van der Waals surface area contributed by atoms with Gasteiger partial charge < -0.3 is 10.2 Å². The van der Waals surface area contributed by atoms with E-state index in [0.717, 1.165) is 30.7 Å². The van der Waals surface area contributed by atoms with E-state index in [1.54, 1.807) is 0 Å². The van der Waals surface area contributed by atoms with Crippen molar-refractivity contribution in [1.82, 2.24) is 10.3 Å². The predicted octanol–water partition coefficient (Wildman–Crippen LogP) is 3.27. The van der Waals surface area contributed by atoms with Crippen molar-refractivity contribution < 1.29 is 0 Å². The Bertz CT molecular complexity index is 356. The van der Waals surface area contributed by atoms with E-state index in [2.05, 4.69) is 36.0 Å². The molecule has 1 N–H and O–H groups in total. The standard InChI is InChI=1S/C14H25N3S/c1-4-17(5-2)14-16-10-13(18-14)9-15-11(3)12-7-6-8-12/h10-12,15H,4-9H2,1-3H3. The molecule has 0 amide bonds. The summed E-state index contributed by atoms with van der Waals surface area (Å²) in [5.41, 5.74) is 0. The highest BCUT2D eigenvalue weighted by Gasteiger charge is 2.23. The summed E-state index contributed by atoms with van der Waals surface area (Å²) >= 11 is 1.82. The SMILES string of the molecule is CCN(CC)c1ncc(CNC(C)C2CCC2)s1. The van der Waals surface area contributed by atoms with Gasteiger partial charge in [0, 0.05) is 36.8 Å². The molecule has 4 heteroatoms. The van der Waals surface area contributed by atoms with Gasteiger partial charge in [-0.2, -0.15) is 0 Å². The zero-order valence-electron chi connectivity index (χ0n) is 11.8. The minimum atomic E-state index is 0.651. The average molecular weight is 267 g/mol. The summed E-state index contributed by atoms with van der Waals surface area (Å²) in [6.45, 7) is 9.72. The summed E-state index contributed by atoms with van der Waals surface area (Å²) in [6, 6.07) is 0.651. The molecule has 1 atom stereocenters. The van der Waals surface area contributed by atoms with Gasteiger partial charge in [0.05, 0.1) is 0 Å². The molecular weight excluding hydrogens is 242 g/mol. The van der Waals surface area contributed by atoms with E-state index in [0.29, 0.717) is 6.04 Å². The molecule has 1 aliphatic rings. The highest BCUT2D eigenvalue weighted by Crippen LogP contribution is 2.29. The first-order chi connectivity index (χ1) is 8.74. The average Bonchev–Trinajstić information content (AvgIpc) is 2.74. The normalized spacial score (nSPS) is 17.5. The number of nitrogens with one attached hydrogen (secondary N) is 1. The summed E-state index contributed by atoms with van der Waals surface area (Å²) in [5, 5.41) is 4.80. The lowest BCUT2D eigenvalue weighted by atomic mass is 9.80. The Kier molecular flexibility index (Phi) is 5.01. The third-order valence-electron chi connectivity index (χ3n) is 4.03. The van der Waals surface area contributed by atoms with Crippen LogP contribution in [0.2, 0.25) is 0 Å². The monoisotopic (exact) mass is 267 g/mol. The fourth-order valence-electron chi connectivity index (χ4n) is 2.39. The van der Waals surface area contributed by atoms with E-state index in [1.165, 1.54) is 24.1 Å². The summed E-state index contributed by atoms with van der Waals surface area (Å²) in [6.07, 6.45) is 6.26. The molecule has 0 radical (unpaired) electrons. The minimum Gasteiger partial charge on any atom is -0.349 e. The number of thiazole rings is 1. The van der Waals surface area contributed by atoms with Gasteiger partial charge in [0.25, 0.3) is 0 Å². The molecule has 2 rings (SSSR count). The van der Waals surface area contributed by atoms with E-state index in [-0.39, 0.29) is 0 Å². The quantitative estimate of drug-likeness (QED) is 0.822. The van der Waals surface area contributed by atoms with Gasteiger partial charge in [0.1, 0.15) is 0 Å². The Morgan fingerprint density at radius 1 is 1.44 bits per heavy atom. The summed E-state index contributed by atoms with van der Waals surface area (Å²) in [7, 11) is 0. The van der Waals surface area contributed by atoms with Crippen LogP contribution < -0.4 is 10.2 Å². The van der Waals surface area contributed by atoms with Crippen LogP contribution in [0.1, 0.15) is 44.9 Å². The summed E-state index contributed by atoms with van der Waals surface area (Å²) < 4.78 is 0. The van der Waals surface area contributed by atoms with Gasteiger partial charge in [0.2, 0.25) is 0 Å². The second-order valence-electron chi connectivity index (χ2n) is 5.14. The Morgan fingerprint density at radius 3 is 2.72 bits per heavy atom. The molecule has 0 saturated heterocycles. The van der Waals surface area contributed by atoms with Gasteiger partial charge in [0.15, 0.2) is 5.13 Å². The minimum absolute atomic E-state index is 0.651. The van der Waals surface area contributed by atoms with E-state index < -0.39 is 0 Å². The Balaban J connectivity index is 1.82. The molecule has 1 aromatic rings. The zero-order chi connectivity index (χ0) is 13.0. The van der Waals surface area contributed by atoms with Crippen molar-refractivity contribution in [3.05, 3.63) is 11.1 Å². The van der Waals surface area contributed by atoms with E-state index >= 15 is 0 Å². The fourth-order valence-corrected chi connectivity index (χ4v) is 3.38. The molecule has 0 aromatic carbocycles. The van der Waals surface area contributed by atoms with Crippen molar-refractivity contribution in [1.29, 1.82) is 0 Å².